The van der Waals surface area contributed by atoms with Gasteiger partial charge in [-0.2, -0.15) is 0 Å². The normalized spacial score (nSPS) is 10.4. The smallest absolute Gasteiger partial charge is 0.335 e. The molecule has 6 nitrogen and oxygen atoms in total. The van der Waals surface area contributed by atoms with Crippen LogP contribution in [-0.2, 0) is 16.0 Å². The Morgan fingerprint density at radius 1 is 0.839 bits per heavy atom. The van der Waals surface area contributed by atoms with Crippen molar-refractivity contribution in [1.29, 1.82) is 0 Å². The third-order valence-corrected chi connectivity index (χ3v) is 5.44. The molecule has 0 aromatic heterocycles. The quantitative estimate of drug-likeness (QED) is 0.418. The summed E-state index contributed by atoms with van der Waals surface area (Å²) in [7, 11) is 0. The van der Waals surface area contributed by atoms with E-state index in [9.17, 15) is 14.4 Å². The number of carbonyl (C=O) groups is 3. The molecular weight excluding hydrogens is 436 g/mol. The molecule has 0 heterocycles. The van der Waals surface area contributed by atoms with E-state index in [-0.39, 0.29) is 29.6 Å². The van der Waals surface area contributed by atoms with Gasteiger partial charge in [0.1, 0.15) is 0 Å². The first-order valence-corrected chi connectivity index (χ1v) is 10.7. The van der Waals surface area contributed by atoms with Crippen LogP contribution >= 0.6 is 23.4 Å². The van der Waals surface area contributed by atoms with Crippen LogP contribution in [0.3, 0.4) is 0 Å². The molecule has 158 valence electrons. The average molecular weight is 455 g/mol. The molecule has 0 fully saturated rings. The number of thioether (sulfide) groups is 1. The predicted octanol–water partition coefficient (Wildman–Crippen LogP) is 4.95. The number of carboxylic acids is 1. The Morgan fingerprint density at radius 3 is 2.19 bits per heavy atom. The van der Waals surface area contributed by atoms with Crippen molar-refractivity contribution in [3.8, 4) is 0 Å². The maximum Gasteiger partial charge on any atom is 0.335 e. The first-order valence-electron chi connectivity index (χ1n) is 9.29. The molecule has 0 unspecified atom stereocenters. The highest BCUT2D eigenvalue weighted by Gasteiger charge is 2.08. The molecule has 0 spiro atoms. The summed E-state index contributed by atoms with van der Waals surface area (Å²) in [6.07, 6.45) is 0.247. The fourth-order valence-corrected chi connectivity index (χ4v) is 3.53. The summed E-state index contributed by atoms with van der Waals surface area (Å²) < 4.78 is 0. The molecule has 0 aliphatic heterocycles. The molecule has 3 rings (SSSR count). The highest BCUT2D eigenvalue weighted by molar-refractivity contribution is 8.00. The van der Waals surface area contributed by atoms with E-state index in [1.165, 1.54) is 23.9 Å². The summed E-state index contributed by atoms with van der Waals surface area (Å²) in [4.78, 5) is 36.2. The number of hydrogen-bond acceptors (Lipinski definition) is 4. The first-order chi connectivity index (χ1) is 14.9. The summed E-state index contributed by atoms with van der Waals surface area (Å²) in [6, 6.07) is 20.4. The number of carbonyl (C=O) groups excluding carboxylic acids is 2. The van der Waals surface area contributed by atoms with Crippen molar-refractivity contribution in [3.63, 3.8) is 0 Å². The molecule has 3 aromatic rings. The summed E-state index contributed by atoms with van der Waals surface area (Å²) in [6.45, 7) is 0. The van der Waals surface area contributed by atoms with Crippen LogP contribution in [0.15, 0.2) is 77.7 Å². The van der Waals surface area contributed by atoms with Gasteiger partial charge in [0.15, 0.2) is 0 Å². The molecule has 0 radical (unpaired) electrons. The third kappa shape index (κ3) is 7.16. The number of benzene rings is 3. The van der Waals surface area contributed by atoms with Gasteiger partial charge in [0, 0.05) is 21.3 Å². The van der Waals surface area contributed by atoms with Crippen molar-refractivity contribution in [2.45, 2.75) is 11.3 Å². The minimum Gasteiger partial charge on any atom is -0.478 e. The zero-order valence-corrected chi connectivity index (χ0v) is 17.9. The lowest BCUT2D eigenvalue weighted by Gasteiger charge is -2.08. The molecule has 3 aromatic carbocycles. The highest BCUT2D eigenvalue weighted by Crippen LogP contribution is 2.21. The Kier molecular flexibility index (Phi) is 7.70. The van der Waals surface area contributed by atoms with Crippen LogP contribution in [0.1, 0.15) is 15.9 Å². The van der Waals surface area contributed by atoms with Gasteiger partial charge < -0.3 is 15.7 Å². The van der Waals surface area contributed by atoms with Gasteiger partial charge in [-0.15, -0.1) is 11.8 Å². The van der Waals surface area contributed by atoms with E-state index in [1.807, 2.05) is 24.3 Å². The van der Waals surface area contributed by atoms with Gasteiger partial charge in [-0.05, 0) is 60.2 Å². The summed E-state index contributed by atoms with van der Waals surface area (Å²) >= 11 is 7.18. The van der Waals surface area contributed by atoms with Gasteiger partial charge >= 0.3 is 5.97 Å². The van der Waals surface area contributed by atoms with E-state index < -0.39 is 5.97 Å². The van der Waals surface area contributed by atoms with E-state index in [0.717, 1.165) is 10.5 Å². The number of amides is 2. The SMILES string of the molecule is O=C(CSc1ccc(NC(=O)Cc2ccc(Cl)cc2)cc1)Nc1cccc(C(=O)O)c1. The monoisotopic (exact) mass is 454 g/mol. The molecule has 0 bridgehead atoms. The van der Waals surface area contributed by atoms with Crippen molar-refractivity contribution in [3.05, 3.63) is 88.9 Å². The molecular formula is C23H19ClN2O4S. The van der Waals surface area contributed by atoms with Crippen molar-refractivity contribution in [1.82, 2.24) is 0 Å². The number of halogens is 1. The molecule has 0 saturated carbocycles. The van der Waals surface area contributed by atoms with Crippen LogP contribution in [-0.4, -0.2) is 28.6 Å². The molecule has 8 heteroatoms. The second-order valence-electron chi connectivity index (χ2n) is 6.60. The molecule has 3 N–H and O–H groups in total. The average Bonchev–Trinajstić information content (AvgIpc) is 2.75. The number of anilines is 2. The second kappa shape index (κ2) is 10.7. The number of nitrogens with one attached hydrogen (secondary N) is 2. The van der Waals surface area contributed by atoms with Crippen LogP contribution < -0.4 is 10.6 Å². The zero-order valence-electron chi connectivity index (χ0n) is 16.3. The first kappa shape index (κ1) is 22.4. The number of carboxylic acid groups (broad SMARTS) is 1. The van der Waals surface area contributed by atoms with Gasteiger partial charge in [0.25, 0.3) is 0 Å². The summed E-state index contributed by atoms with van der Waals surface area (Å²) in [5.74, 6) is -1.26. The Bertz CT molecular complexity index is 1090. The van der Waals surface area contributed by atoms with Crippen molar-refractivity contribution < 1.29 is 19.5 Å². The van der Waals surface area contributed by atoms with Crippen molar-refractivity contribution >= 4 is 52.5 Å². The Labute approximate surface area is 188 Å². The highest BCUT2D eigenvalue weighted by atomic mass is 35.5. The fraction of sp³-hybridized carbons (Fsp3) is 0.0870. The van der Waals surface area contributed by atoms with Gasteiger partial charge in [-0.1, -0.05) is 29.8 Å². The number of rotatable bonds is 8. The maximum atomic E-state index is 12.2. The molecule has 0 atom stereocenters. The molecule has 0 aliphatic carbocycles. The lowest BCUT2D eigenvalue weighted by Crippen LogP contribution is -2.14. The van der Waals surface area contributed by atoms with Crippen LogP contribution in [0.4, 0.5) is 11.4 Å². The standard InChI is InChI=1S/C23H19ClN2O4S/c24-17-6-4-15(5-7-17)12-21(27)25-18-8-10-20(11-9-18)31-14-22(28)26-19-3-1-2-16(13-19)23(29)30/h1-11,13H,12,14H2,(H,25,27)(H,26,28)(H,29,30). The third-order valence-electron chi connectivity index (χ3n) is 4.18. The molecule has 0 aliphatic rings. The predicted molar refractivity (Wildman–Crippen MR) is 123 cm³/mol. The van der Waals surface area contributed by atoms with Gasteiger partial charge in [0.2, 0.25) is 11.8 Å². The van der Waals surface area contributed by atoms with Crippen LogP contribution in [0.2, 0.25) is 5.02 Å². The molecule has 0 saturated heterocycles. The lowest BCUT2D eigenvalue weighted by molar-refractivity contribution is -0.115. The number of hydrogen-bond donors (Lipinski definition) is 3. The maximum absolute atomic E-state index is 12.2. The Morgan fingerprint density at radius 2 is 1.52 bits per heavy atom. The van der Waals surface area contributed by atoms with E-state index in [4.69, 9.17) is 16.7 Å². The minimum absolute atomic E-state index is 0.110. The van der Waals surface area contributed by atoms with Gasteiger partial charge in [-0.3, -0.25) is 9.59 Å². The van der Waals surface area contributed by atoms with Gasteiger partial charge in [0.05, 0.1) is 17.7 Å². The van der Waals surface area contributed by atoms with E-state index in [1.54, 1.807) is 36.4 Å². The van der Waals surface area contributed by atoms with Crippen LogP contribution in [0.5, 0.6) is 0 Å². The van der Waals surface area contributed by atoms with Crippen molar-refractivity contribution in [2.75, 3.05) is 16.4 Å². The second-order valence-corrected chi connectivity index (χ2v) is 8.08. The van der Waals surface area contributed by atoms with Gasteiger partial charge in [-0.25, -0.2) is 4.79 Å². The lowest BCUT2D eigenvalue weighted by atomic mass is 10.1. The fourth-order valence-electron chi connectivity index (χ4n) is 2.70. The van der Waals surface area contributed by atoms with Crippen molar-refractivity contribution in [2.24, 2.45) is 0 Å². The summed E-state index contributed by atoms with van der Waals surface area (Å²) in [5.41, 5.74) is 2.08. The Balaban J connectivity index is 1.47. The van der Waals surface area contributed by atoms with E-state index in [0.29, 0.717) is 16.4 Å². The summed E-state index contributed by atoms with van der Waals surface area (Å²) in [5, 5.41) is 15.2. The zero-order chi connectivity index (χ0) is 22.2. The minimum atomic E-state index is -1.05. The molecule has 2 amide bonds. The number of aromatic carboxylic acids is 1. The van der Waals surface area contributed by atoms with Crippen LogP contribution in [0.25, 0.3) is 0 Å². The van der Waals surface area contributed by atoms with E-state index in [2.05, 4.69) is 10.6 Å². The molecule has 31 heavy (non-hydrogen) atoms. The van der Waals surface area contributed by atoms with E-state index >= 15 is 0 Å². The van der Waals surface area contributed by atoms with Crippen LogP contribution in [0, 0.1) is 0 Å². The largest absolute Gasteiger partial charge is 0.478 e. The topological polar surface area (TPSA) is 95.5 Å². The Hall–Kier alpha value is -3.29.